The van der Waals surface area contributed by atoms with E-state index in [4.69, 9.17) is 4.74 Å². The van der Waals surface area contributed by atoms with Crippen LogP contribution in [-0.4, -0.2) is 48.7 Å². The number of carbonyl (C=O) groups is 1. The third-order valence-corrected chi connectivity index (χ3v) is 4.16. The zero-order valence-corrected chi connectivity index (χ0v) is 11.7. The van der Waals surface area contributed by atoms with Crippen molar-refractivity contribution in [1.29, 1.82) is 0 Å². The summed E-state index contributed by atoms with van der Waals surface area (Å²) in [6.07, 6.45) is 5.28. The van der Waals surface area contributed by atoms with E-state index in [9.17, 15) is 4.79 Å². The Hall–Kier alpha value is -0.610. The SMILES string of the molecule is CC1(C)CCCN1C(=O)CCOC1CCNCC1. The van der Waals surface area contributed by atoms with Crippen molar-refractivity contribution >= 4 is 5.91 Å². The van der Waals surface area contributed by atoms with E-state index in [-0.39, 0.29) is 11.4 Å². The average molecular weight is 254 g/mol. The molecule has 0 atom stereocenters. The van der Waals surface area contributed by atoms with Crippen molar-refractivity contribution in [2.45, 2.75) is 57.6 Å². The van der Waals surface area contributed by atoms with Crippen LogP contribution in [0.3, 0.4) is 0 Å². The molecule has 0 spiro atoms. The minimum atomic E-state index is 0.0475. The lowest BCUT2D eigenvalue weighted by Gasteiger charge is -2.32. The van der Waals surface area contributed by atoms with Crippen molar-refractivity contribution in [3.05, 3.63) is 0 Å². The van der Waals surface area contributed by atoms with Gasteiger partial charge in [0.15, 0.2) is 0 Å². The first-order valence-electron chi connectivity index (χ1n) is 7.22. The molecule has 4 heteroatoms. The van der Waals surface area contributed by atoms with Gasteiger partial charge in [-0.3, -0.25) is 4.79 Å². The normalized spacial score (nSPS) is 24.4. The quantitative estimate of drug-likeness (QED) is 0.827. The molecule has 2 aliphatic rings. The lowest BCUT2D eigenvalue weighted by Crippen LogP contribution is -2.43. The highest BCUT2D eigenvalue weighted by molar-refractivity contribution is 5.77. The number of hydrogen-bond acceptors (Lipinski definition) is 3. The lowest BCUT2D eigenvalue weighted by molar-refractivity contribution is -0.136. The number of piperidine rings is 1. The predicted molar refractivity (Wildman–Crippen MR) is 71.5 cm³/mol. The summed E-state index contributed by atoms with van der Waals surface area (Å²) in [7, 11) is 0. The maximum atomic E-state index is 12.1. The van der Waals surface area contributed by atoms with Gasteiger partial charge in [-0.15, -0.1) is 0 Å². The fourth-order valence-corrected chi connectivity index (χ4v) is 2.98. The molecular weight excluding hydrogens is 228 g/mol. The highest BCUT2D eigenvalue weighted by atomic mass is 16.5. The molecule has 2 saturated heterocycles. The summed E-state index contributed by atoms with van der Waals surface area (Å²) < 4.78 is 5.79. The van der Waals surface area contributed by atoms with Crippen LogP contribution < -0.4 is 5.32 Å². The molecule has 0 aromatic carbocycles. The second-order valence-electron chi connectivity index (χ2n) is 6.03. The molecule has 2 fully saturated rings. The Labute approximate surface area is 110 Å². The van der Waals surface area contributed by atoms with Gasteiger partial charge in [-0.2, -0.15) is 0 Å². The highest BCUT2D eigenvalue weighted by Gasteiger charge is 2.34. The smallest absolute Gasteiger partial charge is 0.225 e. The van der Waals surface area contributed by atoms with Gasteiger partial charge in [0.25, 0.3) is 0 Å². The van der Waals surface area contributed by atoms with E-state index in [0.29, 0.717) is 19.1 Å². The van der Waals surface area contributed by atoms with Crippen molar-refractivity contribution in [3.63, 3.8) is 0 Å². The number of nitrogens with zero attached hydrogens (tertiary/aromatic N) is 1. The number of amides is 1. The molecule has 0 aromatic heterocycles. The minimum Gasteiger partial charge on any atom is -0.378 e. The fraction of sp³-hybridized carbons (Fsp3) is 0.929. The van der Waals surface area contributed by atoms with Gasteiger partial charge in [0.05, 0.1) is 19.1 Å². The summed E-state index contributed by atoms with van der Waals surface area (Å²) >= 11 is 0. The van der Waals surface area contributed by atoms with E-state index in [1.165, 1.54) is 0 Å². The van der Waals surface area contributed by atoms with Gasteiger partial charge in [-0.1, -0.05) is 0 Å². The Morgan fingerprint density at radius 2 is 2.11 bits per heavy atom. The van der Waals surface area contributed by atoms with Gasteiger partial charge >= 0.3 is 0 Å². The molecular formula is C14H26N2O2. The fourth-order valence-electron chi connectivity index (χ4n) is 2.98. The second-order valence-corrected chi connectivity index (χ2v) is 6.03. The molecule has 0 saturated carbocycles. The number of rotatable bonds is 4. The van der Waals surface area contributed by atoms with Crippen molar-refractivity contribution in [2.24, 2.45) is 0 Å². The maximum Gasteiger partial charge on any atom is 0.225 e. The van der Waals surface area contributed by atoms with Crippen molar-refractivity contribution in [2.75, 3.05) is 26.2 Å². The summed E-state index contributed by atoms with van der Waals surface area (Å²) in [6, 6.07) is 0. The molecule has 0 aliphatic carbocycles. The second kappa shape index (κ2) is 6.02. The van der Waals surface area contributed by atoms with Crippen molar-refractivity contribution in [3.8, 4) is 0 Å². The van der Waals surface area contributed by atoms with Gasteiger partial charge in [-0.05, 0) is 52.6 Å². The lowest BCUT2D eigenvalue weighted by atomic mass is 10.0. The molecule has 4 nitrogen and oxygen atoms in total. The maximum absolute atomic E-state index is 12.1. The van der Waals surface area contributed by atoms with Crippen LogP contribution in [0.15, 0.2) is 0 Å². The Kier molecular flexibility index (Phi) is 4.62. The van der Waals surface area contributed by atoms with Crippen LogP contribution in [0.4, 0.5) is 0 Å². The van der Waals surface area contributed by atoms with Crippen LogP contribution in [-0.2, 0) is 9.53 Å². The van der Waals surface area contributed by atoms with Crippen LogP contribution in [0.25, 0.3) is 0 Å². The van der Waals surface area contributed by atoms with E-state index in [2.05, 4.69) is 19.2 Å². The molecule has 0 unspecified atom stereocenters. The Morgan fingerprint density at radius 1 is 1.39 bits per heavy atom. The van der Waals surface area contributed by atoms with Crippen molar-refractivity contribution in [1.82, 2.24) is 10.2 Å². The summed E-state index contributed by atoms with van der Waals surface area (Å²) in [4.78, 5) is 14.2. The predicted octanol–water partition coefficient (Wildman–Crippen LogP) is 1.55. The van der Waals surface area contributed by atoms with Crippen LogP contribution in [0.5, 0.6) is 0 Å². The van der Waals surface area contributed by atoms with E-state index in [1.54, 1.807) is 0 Å². The van der Waals surface area contributed by atoms with Crippen LogP contribution in [0.2, 0.25) is 0 Å². The molecule has 2 heterocycles. The molecule has 2 aliphatic heterocycles. The van der Waals surface area contributed by atoms with E-state index < -0.39 is 0 Å². The number of carbonyl (C=O) groups excluding carboxylic acids is 1. The van der Waals surface area contributed by atoms with Crippen LogP contribution in [0.1, 0.15) is 46.0 Å². The Bertz CT molecular complexity index is 286. The standard InChI is InChI=1S/C14H26N2O2/c1-14(2)7-3-10-16(14)13(17)6-11-18-12-4-8-15-9-5-12/h12,15H,3-11H2,1-2H3. The molecule has 18 heavy (non-hydrogen) atoms. The highest BCUT2D eigenvalue weighted by Crippen LogP contribution is 2.28. The molecule has 0 radical (unpaired) electrons. The number of nitrogens with one attached hydrogen (secondary N) is 1. The van der Waals surface area contributed by atoms with E-state index in [1.807, 2.05) is 4.90 Å². The summed E-state index contributed by atoms with van der Waals surface area (Å²) in [5.74, 6) is 0.256. The van der Waals surface area contributed by atoms with Gasteiger partial charge < -0.3 is 15.0 Å². The van der Waals surface area contributed by atoms with Crippen LogP contribution in [0, 0.1) is 0 Å². The monoisotopic (exact) mass is 254 g/mol. The number of ether oxygens (including phenoxy) is 1. The molecule has 0 aromatic rings. The molecule has 1 N–H and O–H groups in total. The minimum absolute atomic E-state index is 0.0475. The molecule has 104 valence electrons. The first kappa shape index (κ1) is 13.8. The third-order valence-electron chi connectivity index (χ3n) is 4.16. The zero-order chi connectivity index (χ0) is 13.0. The topological polar surface area (TPSA) is 41.6 Å². The first-order valence-corrected chi connectivity index (χ1v) is 7.22. The number of hydrogen-bond donors (Lipinski definition) is 1. The summed E-state index contributed by atoms with van der Waals surface area (Å²) in [5, 5.41) is 3.31. The average Bonchev–Trinajstić information content (AvgIpc) is 2.70. The summed E-state index contributed by atoms with van der Waals surface area (Å²) in [5.41, 5.74) is 0.0475. The Morgan fingerprint density at radius 3 is 2.72 bits per heavy atom. The molecule has 1 amide bonds. The van der Waals surface area contributed by atoms with E-state index in [0.717, 1.165) is 45.3 Å². The van der Waals surface area contributed by atoms with Crippen molar-refractivity contribution < 1.29 is 9.53 Å². The van der Waals surface area contributed by atoms with Crippen LogP contribution >= 0.6 is 0 Å². The van der Waals surface area contributed by atoms with Gasteiger partial charge in [-0.25, -0.2) is 0 Å². The first-order chi connectivity index (χ1) is 8.59. The Balaban J connectivity index is 1.68. The molecule has 0 bridgehead atoms. The zero-order valence-electron chi connectivity index (χ0n) is 11.7. The summed E-state index contributed by atoms with van der Waals surface area (Å²) in [6.45, 7) is 7.89. The number of likely N-dealkylation sites (tertiary alicyclic amines) is 1. The molecule has 2 rings (SSSR count). The van der Waals surface area contributed by atoms with Gasteiger partial charge in [0.1, 0.15) is 0 Å². The van der Waals surface area contributed by atoms with E-state index >= 15 is 0 Å². The third kappa shape index (κ3) is 3.45. The van der Waals surface area contributed by atoms with Gasteiger partial charge in [0, 0.05) is 12.1 Å². The van der Waals surface area contributed by atoms with Gasteiger partial charge in [0.2, 0.25) is 5.91 Å². The largest absolute Gasteiger partial charge is 0.378 e.